The fraction of sp³-hybridized carbons (Fsp3) is 0.318. The fourth-order valence-electron chi connectivity index (χ4n) is 3.56. The molecule has 3 aromatic rings. The van der Waals surface area contributed by atoms with Crippen LogP contribution in [-0.2, 0) is 17.3 Å². The maximum atomic E-state index is 13.4. The quantitative estimate of drug-likeness (QED) is 0.505. The van der Waals surface area contributed by atoms with Crippen LogP contribution in [-0.4, -0.2) is 58.5 Å². The van der Waals surface area contributed by atoms with E-state index in [9.17, 15) is 27.4 Å². The van der Waals surface area contributed by atoms with Crippen molar-refractivity contribution in [2.75, 3.05) is 37.4 Å². The largest absolute Gasteiger partial charge is 0.497 e. The Balaban J connectivity index is 1.56. The number of nitrogens with zero attached hydrogens (tertiary/aromatic N) is 4. The number of hydrogen-bond donors (Lipinski definition) is 1. The molecular weight excluding hydrogens is 488 g/mol. The van der Waals surface area contributed by atoms with Crippen molar-refractivity contribution in [3.8, 4) is 17.2 Å². The number of methoxy groups -OCH3 is 1. The van der Waals surface area contributed by atoms with Gasteiger partial charge in [-0.25, -0.2) is 4.79 Å². The molecule has 0 atom stereocenters. The molecule has 0 radical (unpaired) electrons. The number of rotatable bonds is 5. The number of hydrogen-bond acceptors (Lipinski definition) is 6. The number of urea groups is 1. The normalized spacial score (nSPS) is 15.6. The van der Waals surface area contributed by atoms with E-state index in [2.05, 4.69) is 10.2 Å². The summed E-state index contributed by atoms with van der Waals surface area (Å²) in [5, 5.41) is 6.47. The molecule has 0 unspecified atom stereocenters. The second kappa shape index (κ2) is 9.71. The highest BCUT2D eigenvalue weighted by atomic mass is 31.2. The van der Waals surface area contributed by atoms with Gasteiger partial charge in [0.1, 0.15) is 5.75 Å². The molecule has 0 aliphatic carbocycles. The Bertz CT molecular complexity index is 1220. The van der Waals surface area contributed by atoms with E-state index in [0.717, 1.165) is 0 Å². The van der Waals surface area contributed by atoms with Crippen molar-refractivity contribution in [1.29, 1.82) is 0 Å². The second-order valence-corrected chi connectivity index (χ2v) is 10.5. The summed E-state index contributed by atoms with van der Waals surface area (Å²) in [4.78, 5) is 26.2. The van der Waals surface area contributed by atoms with Gasteiger partial charge in [0, 0.05) is 36.7 Å². The summed E-state index contributed by atoms with van der Waals surface area (Å²) >= 11 is 0. The monoisotopic (exact) mass is 510 g/mol. The van der Waals surface area contributed by atoms with Crippen LogP contribution < -0.4 is 9.64 Å². The Morgan fingerprint density at radius 2 is 1.74 bits per heavy atom. The minimum Gasteiger partial charge on any atom is -0.497 e. The predicted octanol–water partition coefficient (Wildman–Crippen LogP) is 4.48. The van der Waals surface area contributed by atoms with Crippen LogP contribution in [0, 0.1) is 0 Å². The van der Waals surface area contributed by atoms with E-state index in [1.54, 1.807) is 36.4 Å². The Kier molecular flexibility index (Phi) is 6.86. The van der Waals surface area contributed by atoms with Gasteiger partial charge < -0.3 is 18.9 Å². The zero-order valence-corrected chi connectivity index (χ0v) is 19.5. The van der Waals surface area contributed by atoms with Crippen LogP contribution >= 0.6 is 7.37 Å². The molecule has 4 rings (SSSR count). The summed E-state index contributed by atoms with van der Waals surface area (Å²) in [6, 6.07) is 12.9. The molecule has 1 aliphatic rings. The highest BCUT2D eigenvalue weighted by molar-refractivity contribution is 7.58. The van der Waals surface area contributed by atoms with Gasteiger partial charge in [-0.3, -0.25) is 9.46 Å². The van der Waals surface area contributed by atoms with Gasteiger partial charge in [-0.05, 0) is 42.0 Å². The molecule has 2 aromatic carbocycles. The fourth-order valence-corrected chi connectivity index (χ4v) is 4.89. The van der Waals surface area contributed by atoms with Gasteiger partial charge in [0.05, 0.1) is 13.7 Å². The summed E-state index contributed by atoms with van der Waals surface area (Å²) in [7, 11) is -1.68. The first-order valence-electron chi connectivity index (χ1n) is 10.6. The van der Waals surface area contributed by atoms with E-state index >= 15 is 0 Å². The lowest BCUT2D eigenvalue weighted by Gasteiger charge is -2.34. The van der Waals surface area contributed by atoms with Crippen molar-refractivity contribution < 1.29 is 36.6 Å². The minimum absolute atomic E-state index is 0.0357. The molecule has 186 valence electrons. The number of carbonyl (C=O) groups excluding carboxylic acids is 1. The average Bonchev–Trinajstić information content (AvgIpc) is 3.34. The van der Waals surface area contributed by atoms with E-state index in [-0.39, 0.29) is 43.9 Å². The highest BCUT2D eigenvalue weighted by Gasteiger charge is 2.38. The Hall–Kier alpha value is -3.37. The van der Waals surface area contributed by atoms with Crippen LogP contribution in [0.3, 0.4) is 0 Å². The van der Waals surface area contributed by atoms with E-state index in [1.807, 2.05) is 0 Å². The predicted molar refractivity (Wildman–Crippen MR) is 120 cm³/mol. The summed E-state index contributed by atoms with van der Waals surface area (Å²) in [6.45, 7) is 0.476. The van der Waals surface area contributed by atoms with Crippen molar-refractivity contribution in [1.82, 2.24) is 15.1 Å². The summed E-state index contributed by atoms with van der Waals surface area (Å²) in [5.41, 5.74) is 1.58. The molecule has 0 bridgehead atoms. The van der Waals surface area contributed by atoms with Crippen molar-refractivity contribution in [2.24, 2.45) is 0 Å². The maximum absolute atomic E-state index is 13.4. The number of anilines is 1. The average molecular weight is 510 g/mol. The molecule has 1 aromatic heterocycles. The molecule has 1 saturated heterocycles. The third-order valence-corrected chi connectivity index (χ3v) is 7.33. The standard InChI is InChI=1S/C22H22F3N4O5P/c1-33-18-8-6-17(7-9-18)29(21(30)28-10-12-35(31,32)13-11-28)14-15-2-4-16(5-3-15)19-26-27-20(34-19)22(23,24)25/h2-9H,10-14H2,1H3,(H,31,32). The number of ether oxygens (including phenoxy) is 1. The van der Waals surface area contributed by atoms with Crippen molar-refractivity contribution in [3.63, 3.8) is 0 Å². The lowest BCUT2D eigenvalue weighted by Crippen LogP contribution is -2.47. The molecule has 1 aliphatic heterocycles. The number of halogens is 3. The summed E-state index contributed by atoms with van der Waals surface area (Å²) in [6.07, 6.45) is -4.66. The number of amides is 2. The molecular formula is C22H22F3N4O5P. The minimum atomic E-state index is -4.73. The molecule has 9 nitrogen and oxygen atoms in total. The van der Waals surface area contributed by atoms with Crippen LogP contribution in [0.5, 0.6) is 5.75 Å². The molecule has 1 fully saturated rings. The van der Waals surface area contributed by atoms with E-state index < -0.39 is 19.4 Å². The number of alkyl halides is 3. The topological polar surface area (TPSA) is 109 Å². The smallest absolute Gasteiger partial charge is 0.470 e. The van der Waals surface area contributed by atoms with E-state index in [4.69, 9.17) is 9.15 Å². The molecule has 2 heterocycles. The van der Waals surface area contributed by atoms with Crippen LogP contribution in [0.25, 0.3) is 11.5 Å². The van der Waals surface area contributed by atoms with Crippen LogP contribution in [0.1, 0.15) is 11.5 Å². The van der Waals surface area contributed by atoms with Gasteiger partial charge >= 0.3 is 18.1 Å². The number of benzene rings is 2. The zero-order valence-electron chi connectivity index (χ0n) is 18.6. The first kappa shape index (κ1) is 24.7. The van der Waals surface area contributed by atoms with Crippen molar-refractivity contribution >= 4 is 19.1 Å². The van der Waals surface area contributed by atoms with Crippen molar-refractivity contribution in [2.45, 2.75) is 12.7 Å². The van der Waals surface area contributed by atoms with Gasteiger partial charge in [0.25, 0.3) is 0 Å². The van der Waals surface area contributed by atoms with Gasteiger partial charge in [-0.15, -0.1) is 10.2 Å². The van der Waals surface area contributed by atoms with Crippen molar-refractivity contribution in [3.05, 3.63) is 60.0 Å². The first-order chi connectivity index (χ1) is 16.6. The Morgan fingerprint density at radius 3 is 2.29 bits per heavy atom. The highest BCUT2D eigenvalue weighted by Crippen LogP contribution is 2.42. The molecule has 13 heteroatoms. The third-order valence-electron chi connectivity index (χ3n) is 5.53. The number of aromatic nitrogens is 2. The van der Waals surface area contributed by atoms with Gasteiger partial charge in [0.15, 0.2) is 0 Å². The summed E-state index contributed by atoms with van der Waals surface area (Å²) in [5.74, 6) is -1.09. The van der Waals surface area contributed by atoms with Gasteiger partial charge in [0.2, 0.25) is 13.3 Å². The summed E-state index contributed by atoms with van der Waals surface area (Å²) < 4.78 is 60.0. The maximum Gasteiger partial charge on any atom is 0.470 e. The first-order valence-corrected chi connectivity index (χ1v) is 12.6. The van der Waals surface area contributed by atoms with Gasteiger partial charge in [-0.1, -0.05) is 12.1 Å². The van der Waals surface area contributed by atoms with Crippen LogP contribution in [0.4, 0.5) is 23.7 Å². The second-order valence-electron chi connectivity index (χ2n) is 7.95. The molecule has 2 amide bonds. The zero-order chi connectivity index (χ0) is 25.2. The molecule has 0 saturated carbocycles. The molecule has 0 spiro atoms. The third kappa shape index (κ3) is 5.83. The molecule has 1 N–H and O–H groups in total. The Labute approximate surface area is 198 Å². The van der Waals surface area contributed by atoms with E-state index in [1.165, 1.54) is 29.0 Å². The van der Waals surface area contributed by atoms with E-state index in [0.29, 0.717) is 22.6 Å². The van der Waals surface area contributed by atoms with Gasteiger partial charge in [-0.2, -0.15) is 13.2 Å². The van der Waals surface area contributed by atoms with Crippen LogP contribution in [0.2, 0.25) is 0 Å². The lowest BCUT2D eigenvalue weighted by atomic mass is 10.1. The Morgan fingerprint density at radius 1 is 1.11 bits per heavy atom. The number of carbonyl (C=O) groups is 1. The van der Waals surface area contributed by atoms with Crippen LogP contribution in [0.15, 0.2) is 52.9 Å². The SMILES string of the molecule is COc1ccc(N(Cc2ccc(-c3nnc(C(F)(F)F)o3)cc2)C(=O)N2CCP(=O)(O)CC2)cc1. The molecule has 35 heavy (non-hydrogen) atoms. The lowest BCUT2D eigenvalue weighted by molar-refractivity contribution is -0.156.